The summed E-state index contributed by atoms with van der Waals surface area (Å²) in [5, 5.41) is 8.35. The van der Waals surface area contributed by atoms with Gasteiger partial charge in [-0.1, -0.05) is 31.5 Å². The van der Waals surface area contributed by atoms with Gasteiger partial charge in [-0.25, -0.2) is 4.68 Å². The van der Waals surface area contributed by atoms with Gasteiger partial charge in [-0.15, -0.1) is 0 Å². The third-order valence-corrected chi connectivity index (χ3v) is 3.38. The van der Waals surface area contributed by atoms with E-state index in [0.29, 0.717) is 6.04 Å². The molecule has 0 aliphatic heterocycles. The van der Waals surface area contributed by atoms with E-state index in [1.807, 2.05) is 24.5 Å². The first-order valence-electron chi connectivity index (χ1n) is 5.78. The molecule has 2 rings (SSSR count). The maximum atomic E-state index is 6.30. The highest BCUT2D eigenvalue weighted by Gasteiger charge is 2.06. The van der Waals surface area contributed by atoms with Crippen molar-refractivity contribution in [2.75, 3.05) is 0 Å². The predicted molar refractivity (Wildman–Crippen MR) is 83.3 cm³/mol. The summed E-state index contributed by atoms with van der Waals surface area (Å²) >= 11 is 8.53. The highest BCUT2D eigenvalue weighted by Crippen LogP contribution is 2.22. The topological polar surface area (TPSA) is 29.9 Å². The summed E-state index contributed by atoms with van der Waals surface area (Å²) in [6.45, 7) is 5.08. The Morgan fingerprint density at radius 1 is 1.44 bits per heavy atom. The van der Waals surface area contributed by atoms with Crippen LogP contribution in [0.25, 0.3) is 5.69 Å². The lowest BCUT2D eigenvalue weighted by Crippen LogP contribution is -2.21. The van der Waals surface area contributed by atoms with E-state index in [2.05, 4.69) is 52.9 Å². The Labute approximate surface area is 126 Å². The van der Waals surface area contributed by atoms with E-state index < -0.39 is 0 Å². The molecule has 0 radical (unpaired) electrons. The summed E-state index contributed by atoms with van der Waals surface area (Å²) in [6.07, 6.45) is 3.76. The average Bonchev–Trinajstić information content (AvgIpc) is 2.73. The van der Waals surface area contributed by atoms with E-state index in [1.54, 1.807) is 4.68 Å². The molecule has 0 aliphatic carbocycles. The molecule has 1 heterocycles. The van der Waals surface area contributed by atoms with E-state index in [4.69, 9.17) is 11.6 Å². The van der Waals surface area contributed by atoms with Crippen LogP contribution in [0.1, 0.15) is 19.4 Å². The lowest BCUT2D eigenvalue weighted by molar-refractivity contribution is 0.589. The standard InChI is InChI=1S/C13H15ClIN3/c1-9(2)16-6-10-3-4-13(12(14)5-10)18-8-11(15)7-17-18/h3-5,7-9,16H,6H2,1-2H3. The first-order valence-corrected chi connectivity index (χ1v) is 7.24. The van der Waals surface area contributed by atoms with E-state index in [9.17, 15) is 0 Å². The van der Waals surface area contributed by atoms with Gasteiger partial charge < -0.3 is 5.32 Å². The Bertz CT molecular complexity index is 537. The number of hydrogen-bond donors (Lipinski definition) is 1. The van der Waals surface area contributed by atoms with Crippen molar-refractivity contribution < 1.29 is 0 Å². The predicted octanol–water partition coefficient (Wildman–Crippen LogP) is 3.63. The van der Waals surface area contributed by atoms with Gasteiger partial charge in [0.2, 0.25) is 0 Å². The Hall–Kier alpha value is -0.590. The molecule has 0 bridgehead atoms. The summed E-state index contributed by atoms with van der Waals surface area (Å²) in [7, 11) is 0. The monoisotopic (exact) mass is 375 g/mol. The van der Waals surface area contributed by atoms with Gasteiger partial charge in [0.1, 0.15) is 0 Å². The van der Waals surface area contributed by atoms with Crippen LogP contribution in [-0.4, -0.2) is 15.8 Å². The van der Waals surface area contributed by atoms with Crippen molar-refractivity contribution in [1.29, 1.82) is 0 Å². The highest BCUT2D eigenvalue weighted by molar-refractivity contribution is 14.1. The minimum atomic E-state index is 0.469. The molecule has 0 amide bonds. The van der Waals surface area contributed by atoms with Gasteiger partial charge in [-0.05, 0) is 40.3 Å². The minimum absolute atomic E-state index is 0.469. The third kappa shape index (κ3) is 3.46. The van der Waals surface area contributed by atoms with Crippen LogP contribution in [0.4, 0.5) is 0 Å². The zero-order chi connectivity index (χ0) is 13.1. The van der Waals surface area contributed by atoms with Crippen molar-refractivity contribution in [2.45, 2.75) is 26.4 Å². The molecule has 0 spiro atoms. The Balaban J connectivity index is 2.20. The van der Waals surface area contributed by atoms with Crippen LogP contribution < -0.4 is 5.32 Å². The molecule has 5 heteroatoms. The van der Waals surface area contributed by atoms with Crippen molar-refractivity contribution in [2.24, 2.45) is 0 Å². The first kappa shape index (κ1) is 13.8. The maximum Gasteiger partial charge on any atom is 0.0832 e. The molecule has 2 aromatic rings. The summed E-state index contributed by atoms with van der Waals surface area (Å²) in [5.74, 6) is 0. The molecule has 18 heavy (non-hydrogen) atoms. The quantitative estimate of drug-likeness (QED) is 0.827. The van der Waals surface area contributed by atoms with Gasteiger partial charge in [0.15, 0.2) is 0 Å². The summed E-state index contributed by atoms with van der Waals surface area (Å²) < 4.78 is 2.89. The van der Waals surface area contributed by atoms with Crippen LogP contribution >= 0.6 is 34.2 Å². The summed E-state index contributed by atoms with van der Waals surface area (Å²) in [5.41, 5.74) is 2.09. The maximum absolute atomic E-state index is 6.30. The second kappa shape index (κ2) is 6.04. The number of hydrogen-bond acceptors (Lipinski definition) is 2. The Morgan fingerprint density at radius 3 is 2.78 bits per heavy atom. The van der Waals surface area contributed by atoms with Gasteiger partial charge in [0.05, 0.1) is 20.5 Å². The molecule has 0 saturated heterocycles. The zero-order valence-corrected chi connectivity index (χ0v) is 13.2. The molecular weight excluding hydrogens is 361 g/mol. The number of halogens is 2. The molecule has 1 aromatic heterocycles. The largest absolute Gasteiger partial charge is 0.310 e. The molecular formula is C13H15ClIN3. The smallest absolute Gasteiger partial charge is 0.0832 e. The average molecular weight is 376 g/mol. The fraction of sp³-hybridized carbons (Fsp3) is 0.308. The Kier molecular flexibility index (Phi) is 4.64. The van der Waals surface area contributed by atoms with E-state index >= 15 is 0 Å². The van der Waals surface area contributed by atoms with Gasteiger partial charge in [0.25, 0.3) is 0 Å². The number of rotatable bonds is 4. The lowest BCUT2D eigenvalue weighted by atomic mass is 10.2. The van der Waals surface area contributed by atoms with Crippen LogP contribution in [0.5, 0.6) is 0 Å². The fourth-order valence-electron chi connectivity index (χ4n) is 1.60. The van der Waals surface area contributed by atoms with Crippen molar-refractivity contribution >= 4 is 34.2 Å². The van der Waals surface area contributed by atoms with Crippen molar-refractivity contribution in [3.05, 3.63) is 44.7 Å². The first-order chi connectivity index (χ1) is 8.56. The second-order valence-electron chi connectivity index (χ2n) is 4.42. The zero-order valence-electron chi connectivity index (χ0n) is 10.3. The van der Waals surface area contributed by atoms with Crippen molar-refractivity contribution in [1.82, 2.24) is 15.1 Å². The number of nitrogens with one attached hydrogen (secondary N) is 1. The van der Waals surface area contributed by atoms with Gasteiger partial charge in [0, 0.05) is 18.8 Å². The minimum Gasteiger partial charge on any atom is -0.310 e. The van der Waals surface area contributed by atoms with E-state index in [1.165, 1.54) is 5.56 Å². The van der Waals surface area contributed by atoms with Crippen molar-refractivity contribution in [3.8, 4) is 5.69 Å². The third-order valence-electron chi connectivity index (χ3n) is 2.52. The number of aromatic nitrogens is 2. The molecule has 96 valence electrons. The lowest BCUT2D eigenvalue weighted by Gasteiger charge is -2.10. The van der Waals surface area contributed by atoms with Gasteiger partial charge >= 0.3 is 0 Å². The van der Waals surface area contributed by atoms with E-state index in [0.717, 1.165) is 20.8 Å². The van der Waals surface area contributed by atoms with Gasteiger partial charge in [-0.3, -0.25) is 0 Å². The molecule has 1 N–H and O–H groups in total. The molecule has 0 atom stereocenters. The molecule has 1 aromatic carbocycles. The normalized spacial score (nSPS) is 11.2. The SMILES string of the molecule is CC(C)NCc1ccc(-n2cc(I)cn2)c(Cl)c1. The van der Waals surface area contributed by atoms with E-state index in [-0.39, 0.29) is 0 Å². The van der Waals surface area contributed by atoms with Crippen LogP contribution in [0, 0.1) is 3.57 Å². The molecule has 0 saturated carbocycles. The number of nitrogens with zero attached hydrogens (tertiary/aromatic N) is 2. The van der Waals surface area contributed by atoms with Gasteiger partial charge in [-0.2, -0.15) is 5.10 Å². The number of benzene rings is 1. The summed E-state index contributed by atoms with van der Waals surface area (Å²) in [6, 6.07) is 6.53. The van der Waals surface area contributed by atoms with Crippen LogP contribution in [0.2, 0.25) is 5.02 Å². The van der Waals surface area contributed by atoms with Crippen LogP contribution in [0.3, 0.4) is 0 Å². The van der Waals surface area contributed by atoms with Crippen LogP contribution in [0.15, 0.2) is 30.6 Å². The Morgan fingerprint density at radius 2 is 2.22 bits per heavy atom. The van der Waals surface area contributed by atoms with Crippen molar-refractivity contribution in [3.63, 3.8) is 0 Å². The molecule has 3 nitrogen and oxygen atoms in total. The highest BCUT2D eigenvalue weighted by atomic mass is 127. The van der Waals surface area contributed by atoms with Crippen LogP contribution in [-0.2, 0) is 6.54 Å². The fourth-order valence-corrected chi connectivity index (χ4v) is 2.28. The molecule has 0 unspecified atom stereocenters. The second-order valence-corrected chi connectivity index (χ2v) is 6.08. The molecule has 0 fully saturated rings. The molecule has 0 aliphatic rings. The summed E-state index contributed by atoms with van der Waals surface area (Å²) in [4.78, 5) is 0.